The molecule has 24 heavy (non-hydrogen) atoms. The second-order valence-corrected chi connectivity index (χ2v) is 6.48. The molecule has 0 unspecified atom stereocenters. The van der Waals surface area contributed by atoms with Crippen molar-refractivity contribution in [1.29, 1.82) is 0 Å². The Morgan fingerprint density at radius 3 is 2.88 bits per heavy atom. The molecule has 0 aliphatic carbocycles. The second kappa shape index (κ2) is 7.55. The summed E-state index contributed by atoms with van der Waals surface area (Å²) < 4.78 is 5.36. The van der Waals surface area contributed by atoms with Crippen molar-refractivity contribution in [3.05, 3.63) is 35.9 Å². The molecule has 3 rings (SSSR count). The monoisotopic (exact) mass is 331 g/mol. The van der Waals surface area contributed by atoms with Crippen LogP contribution in [0.2, 0.25) is 0 Å². The van der Waals surface area contributed by atoms with Crippen LogP contribution >= 0.6 is 0 Å². The fourth-order valence-corrected chi connectivity index (χ4v) is 3.41. The third kappa shape index (κ3) is 3.63. The van der Waals surface area contributed by atoms with Gasteiger partial charge in [0, 0.05) is 32.1 Å². The van der Waals surface area contributed by atoms with Gasteiger partial charge in [-0.25, -0.2) is 9.59 Å². The third-order valence-electron chi connectivity index (χ3n) is 4.79. The Bertz CT molecular complexity index is 578. The van der Waals surface area contributed by atoms with Crippen molar-refractivity contribution < 1.29 is 14.3 Å². The van der Waals surface area contributed by atoms with Crippen molar-refractivity contribution >= 4 is 12.1 Å². The lowest BCUT2D eigenvalue weighted by molar-refractivity contribution is -0.0241. The summed E-state index contributed by atoms with van der Waals surface area (Å²) >= 11 is 0. The molecule has 2 fully saturated rings. The van der Waals surface area contributed by atoms with Gasteiger partial charge in [-0.15, -0.1) is 0 Å². The number of nitrogens with one attached hydrogen (secondary N) is 1. The van der Waals surface area contributed by atoms with E-state index in [0.29, 0.717) is 38.7 Å². The first-order valence-electron chi connectivity index (χ1n) is 8.69. The zero-order valence-corrected chi connectivity index (χ0v) is 14.1. The van der Waals surface area contributed by atoms with Gasteiger partial charge >= 0.3 is 12.1 Å². The maximum absolute atomic E-state index is 12.3. The Morgan fingerprint density at radius 2 is 2.12 bits per heavy atom. The molecular formula is C18H25N3O3. The van der Waals surface area contributed by atoms with Gasteiger partial charge in [-0.2, -0.15) is 0 Å². The predicted octanol–water partition coefficient (Wildman–Crippen LogP) is 2.45. The molecule has 0 saturated carbocycles. The van der Waals surface area contributed by atoms with Crippen molar-refractivity contribution in [1.82, 2.24) is 15.1 Å². The standard InChI is InChI=1S/C18H25N3O3/c1-2-9-19-17(22)20-10-8-15-13-24-18(23)21(16(15)12-20)11-14-6-4-3-5-7-14/h3-7,15-16H,2,8-13H2,1H3,(H,19,22)/t15-,16-/m1/s1. The summed E-state index contributed by atoms with van der Waals surface area (Å²) in [6, 6.07) is 9.89. The van der Waals surface area contributed by atoms with Gasteiger partial charge in [0.15, 0.2) is 0 Å². The highest BCUT2D eigenvalue weighted by atomic mass is 16.6. The van der Waals surface area contributed by atoms with Gasteiger partial charge in [0.25, 0.3) is 0 Å². The Hall–Kier alpha value is -2.24. The van der Waals surface area contributed by atoms with Crippen molar-refractivity contribution in [3.8, 4) is 0 Å². The van der Waals surface area contributed by atoms with Gasteiger partial charge in [-0.05, 0) is 18.4 Å². The van der Waals surface area contributed by atoms with Crippen molar-refractivity contribution in [2.75, 3.05) is 26.2 Å². The van der Waals surface area contributed by atoms with E-state index in [1.807, 2.05) is 42.2 Å². The van der Waals surface area contributed by atoms with Crippen LogP contribution in [0.4, 0.5) is 9.59 Å². The number of ether oxygens (including phenoxy) is 1. The van der Waals surface area contributed by atoms with E-state index in [9.17, 15) is 9.59 Å². The van der Waals surface area contributed by atoms with Crippen LogP contribution in [0, 0.1) is 5.92 Å². The van der Waals surface area contributed by atoms with Crippen LogP contribution in [0.25, 0.3) is 0 Å². The van der Waals surface area contributed by atoms with Gasteiger partial charge in [-0.1, -0.05) is 37.3 Å². The van der Waals surface area contributed by atoms with Crippen LogP contribution in [0.5, 0.6) is 0 Å². The van der Waals surface area contributed by atoms with Crippen LogP contribution in [0.15, 0.2) is 30.3 Å². The van der Waals surface area contributed by atoms with E-state index < -0.39 is 0 Å². The first-order valence-corrected chi connectivity index (χ1v) is 8.69. The number of urea groups is 1. The van der Waals surface area contributed by atoms with E-state index in [0.717, 1.165) is 18.4 Å². The molecule has 0 aromatic heterocycles. The van der Waals surface area contributed by atoms with E-state index in [-0.39, 0.29) is 18.2 Å². The number of rotatable bonds is 4. The normalized spacial score (nSPS) is 23.5. The SMILES string of the molecule is CCCNC(=O)N1CC[C@@H]2COC(=O)N(Cc3ccccc3)[C@@H]2C1. The Kier molecular flexibility index (Phi) is 5.23. The summed E-state index contributed by atoms with van der Waals surface area (Å²) in [4.78, 5) is 28.2. The maximum atomic E-state index is 12.3. The highest BCUT2D eigenvalue weighted by Gasteiger charge is 2.41. The summed E-state index contributed by atoms with van der Waals surface area (Å²) in [5.74, 6) is 0.293. The highest BCUT2D eigenvalue weighted by molar-refractivity contribution is 5.75. The maximum Gasteiger partial charge on any atom is 0.410 e. The lowest BCUT2D eigenvalue weighted by Gasteiger charge is -2.46. The van der Waals surface area contributed by atoms with E-state index in [4.69, 9.17) is 4.74 Å². The van der Waals surface area contributed by atoms with Gasteiger partial charge in [0.1, 0.15) is 0 Å². The number of piperidine rings is 1. The van der Waals surface area contributed by atoms with E-state index in [2.05, 4.69) is 5.32 Å². The molecule has 2 heterocycles. The number of carbonyl (C=O) groups excluding carboxylic acids is 2. The van der Waals surface area contributed by atoms with Crippen LogP contribution in [-0.2, 0) is 11.3 Å². The Labute approximate surface area is 142 Å². The van der Waals surface area contributed by atoms with Crippen molar-refractivity contribution in [3.63, 3.8) is 0 Å². The number of amides is 3. The summed E-state index contributed by atoms with van der Waals surface area (Å²) in [7, 11) is 0. The summed E-state index contributed by atoms with van der Waals surface area (Å²) in [5, 5.41) is 2.93. The molecule has 3 amide bonds. The molecule has 0 spiro atoms. The molecule has 6 nitrogen and oxygen atoms in total. The minimum Gasteiger partial charge on any atom is -0.449 e. The number of benzene rings is 1. The number of fused-ring (bicyclic) bond motifs is 1. The number of hydrogen-bond donors (Lipinski definition) is 1. The molecule has 1 aromatic rings. The minimum atomic E-state index is -0.282. The highest BCUT2D eigenvalue weighted by Crippen LogP contribution is 2.29. The largest absolute Gasteiger partial charge is 0.449 e. The van der Waals surface area contributed by atoms with Crippen molar-refractivity contribution in [2.24, 2.45) is 5.92 Å². The van der Waals surface area contributed by atoms with Gasteiger partial charge < -0.3 is 15.0 Å². The molecule has 2 aliphatic rings. The fraction of sp³-hybridized carbons (Fsp3) is 0.556. The number of cyclic esters (lactones) is 1. The zero-order valence-electron chi connectivity index (χ0n) is 14.1. The lowest BCUT2D eigenvalue weighted by Crippen LogP contribution is -2.60. The Morgan fingerprint density at radius 1 is 1.33 bits per heavy atom. The van der Waals surface area contributed by atoms with Crippen LogP contribution < -0.4 is 5.32 Å². The summed E-state index contributed by atoms with van der Waals surface area (Å²) in [6.45, 7) is 4.98. The molecule has 1 aromatic carbocycles. The molecule has 130 valence electrons. The van der Waals surface area contributed by atoms with E-state index >= 15 is 0 Å². The van der Waals surface area contributed by atoms with Crippen LogP contribution in [0.3, 0.4) is 0 Å². The van der Waals surface area contributed by atoms with Gasteiger partial charge in [-0.3, -0.25) is 4.90 Å². The number of carbonyl (C=O) groups is 2. The third-order valence-corrected chi connectivity index (χ3v) is 4.79. The molecular weight excluding hydrogens is 306 g/mol. The lowest BCUT2D eigenvalue weighted by atomic mass is 9.90. The summed E-state index contributed by atoms with van der Waals surface area (Å²) in [6.07, 6.45) is 1.50. The molecule has 6 heteroatoms. The second-order valence-electron chi connectivity index (χ2n) is 6.48. The predicted molar refractivity (Wildman–Crippen MR) is 90.5 cm³/mol. The first-order chi connectivity index (χ1) is 11.7. The minimum absolute atomic E-state index is 0.0209. The van der Waals surface area contributed by atoms with Crippen molar-refractivity contribution in [2.45, 2.75) is 32.4 Å². The van der Waals surface area contributed by atoms with Gasteiger partial charge in [0.2, 0.25) is 0 Å². The summed E-state index contributed by atoms with van der Waals surface area (Å²) in [5.41, 5.74) is 1.07. The average molecular weight is 331 g/mol. The average Bonchev–Trinajstić information content (AvgIpc) is 2.62. The van der Waals surface area contributed by atoms with Crippen LogP contribution in [0.1, 0.15) is 25.3 Å². The topological polar surface area (TPSA) is 61.9 Å². The molecule has 1 N–H and O–H groups in total. The van der Waals surface area contributed by atoms with Crippen LogP contribution in [-0.4, -0.2) is 54.2 Å². The first kappa shape index (κ1) is 16.6. The Balaban J connectivity index is 1.70. The zero-order chi connectivity index (χ0) is 16.9. The molecule has 2 atom stereocenters. The van der Waals surface area contributed by atoms with E-state index in [1.54, 1.807) is 4.90 Å². The number of likely N-dealkylation sites (tertiary alicyclic amines) is 1. The molecule has 2 saturated heterocycles. The fourth-order valence-electron chi connectivity index (χ4n) is 3.41. The van der Waals surface area contributed by atoms with Gasteiger partial charge in [0.05, 0.1) is 12.6 Å². The number of nitrogens with zero attached hydrogens (tertiary/aromatic N) is 2. The molecule has 2 aliphatic heterocycles. The molecule has 0 radical (unpaired) electrons. The number of hydrogen-bond acceptors (Lipinski definition) is 3. The molecule has 0 bridgehead atoms. The smallest absolute Gasteiger partial charge is 0.410 e. The van der Waals surface area contributed by atoms with E-state index in [1.165, 1.54) is 0 Å². The quantitative estimate of drug-likeness (QED) is 0.922.